The van der Waals surface area contributed by atoms with E-state index < -0.39 is 10.0 Å². The second-order valence-corrected chi connectivity index (χ2v) is 12.7. The number of carbonyl (C=O) groups excluding carboxylic acids is 1. The van der Waals surface area contributed by atoms with E-state index in [1.54, 1.807) is 25.1 Å². The highest BCUT2D eigenvalue weighted by molar-refractivity contribution is 7.92. The number of rotatable bonds is 8. The van der Waals surface area contributed by atoms with Gasteiger partial charge >= 0.3 is 0 Å². The second kappa shape index (κ2) is 13.1. The van der Waals surface area contributed by atoms with E-state index in [0.717, 1.165) is 0 Å². The lowest BCUT2D eigenvalue weighted by Crippen LogP contribution is -2.12. The van der Waals surface area contributed by atoms with Gasteiger partial charge in [0.25, 0.3) is 10.0 Å². The number of sulfonamides is 1. The fourth-order valence-corrected chi connectivity index (χ4v) is 5.99. The van der Waals surface area contributed by atoms with Crippen LogP contribution in [-0.2, 0) is 14.8 Å². The van der Waals surface area contributed by atoms with Crippen molar-refractivity contribution < 1.29 is 28.5 Å². The summed E-state index contributed by atoms with van der Waals surface area (Å²) in [5.41, 5.74) is 2.04. The van der Waals surface area contributed by atoms with Crippen LogP contribution in [0.2, 0.25) is 0 Å². The standard InChI is InChI=1S/C31H26N6O6S3/c1-16-11-25(35-36-30-28(45)13-18-12-22(44)14-26(32-17(2)38)29(18)31(30)41)27(40)15-24(16)34-33-19-5-9-23(10-6-19)46(42,43)37-20-3-7-21(39)8-4-20/h3-15,37,39-41,44-45H,1-2H3,(H,32,38). The largest absolute Gasteiger partial charge is 0.508 e. The number of azo groups is 2. The molecule has 5 rings (SSSR count). The number of carbonyl (C=O) groups is 1. The Labute approximate surface area is 274 Å². The minimum Gasteiger partial charge on any atom is -0.508 e. The fourth-order valence-electron chi connectivity index (χ4n) is 4.38. The molecule has 0 spiro atoms. The maximum absolute atomic E-state index is 12.7. The first kappa shape index (κ1) is 32.3. The molecule has 15 heteroatoms. The number of phenolic OH excluding ortho intramolecular Hbond substituents is 3. The third kappa shape index (κ3) is 7.22. The van der Waals surface area contributed by atoms with E-state index >= 15 is 0 Å². The molecule has 0 saturated heterocycles. The smallest absolute Gasteiger partial charge is 0.261 e. The first-order valence-corrected chi connectivity index (χ1v) is 15.8. The Balaban J connectivity index is 1.36. The lowest BCUT2D eigenvalue weighted by atomic mass is 10.1. The summed E-state index contributed by atoms with van der Waals surface area (Å²) in [7, 11) is -3.87. The SMILES string of the molecule is CC(=O)Nc1cc(S)cc2cc(S)c(N=Nc3cc(C)c(N=Nc4ccc(S(=O)(=O)Nc5ccc(O)cc5)cc4)cc3O)c(O)c12. The highest BCUT2D eigenvalue weighted by Crippen LogP contribution is 2.45. The monoisotopic (exact) mass is 674 g/mol. The van der Waals surface area contributed by atoms with Crippen LogP contribution in [-0.4, -0.2) is 29.6 Å². The number of amides is 1. The summed E-state index contributed by atoms with van der Waals surface area (Å²) >= 11 is 8.80. The summed E-state index contributed by atoms with van der Waals surface area (Å²) in [6, 6.07) is 19.2. The van der Waals surface area contributed by atoms with Crippen molar-refractivity contribution >= 4 is 86.1 Å². The summed E-state index contributed by atoms with van der Waals surface area (Å²) in [6.45, 7) is 3.07. The minimum atomic E-state index is -3.87. The summed E-state index contributed by atoms with van der Waals surface area (Å²) in [6.07, 6.45) is 0. The van der Waals surface area contributed by atoms with Crippen molar-refractivity contribution in [3.63, 3.8) is 0 Å². The van der Waals surface area contributed by atoms with Crippen LogP contribution in [0.1, 0.15) is 12.5 Å². The average Bonchev–Trinajstić information content (AvgIpc) is 2.98. The van der Waals surface area contributed by atoms with Crippen LogP contribution < -0.4 is 10.0 Å². The Morgan fingerprint density at radius 2 is 1.48 bits per heavy atom. The van der Waals surface area contributed by atoms with E-state index in [9.17, 15) is 28.5 Å². The van der Waals surface area contributed by atoms with Gasteiger partial charge in [-0.05, 0) is 90.7 Å². The fraction of sp³-hybridized carbons (Fsp3) is 0.0645. The third-order valence-electron chi connectivity index (χ3n) is 6.55. The third-order valence-corrected chi connectivity index (χ3v) is 8.55. The lowest BCUT2D eigenvalue weighted by molar-refractivity contribution is -0.114. The normalized spacial score (nSPS) is 11.8. The molecule has 0 atom stereocenters. The maximum atomic E-state index is 12.7. The second-order valence-electron chi connectivity index (χ2n) is 10.0. The first-order valence-electron chi connectivity index (χ1n) is 13.4. The molecule has 0 heterocycles. The number of nitrogens with one attached hydrogen (secondary N) is 2. The van der Waals surface area contributed by atoms with Crippen LogP contribution in [0.25, 0.3) is 10.8 Å². The summed E-state index contributed by atoms with van der Waals surface area (Å²) in [4.78, 5) is 12.6. The summed E-state index contributed by atoms with van der Waals surface area (Å²) in [5, 5.41) is 51.3. The van der Waals surface area contributed by atoms with Crippen molar-refractivity contribution in [3.05, 3.63) is 84.4 Å². The molecule has 0 unspecified atom stereocenters. The highest BCUT2D eigenvalue weighted by atomic mass is 32.2. The Hall–Kier alpha value is -5.12. The van der Waals surface area contributed by atoms with Crippen LogP contribution in [0.4, 0.5) is 34.1 Å². The van der Waals surface area contributed by atoms with Crippen molar-refractivity contribution in [2.45, 2.75) is 28.5 Å². The average molecular weight is 675 g/mol. The van der Waals surface area contributed by atoms with Gasteiger partial charge in [0.15, 0.2) is 5.75 Å². The van der Waals surface area contributed by atoms with Crippen LogP contribution >= 0.6 is 25.3 Å². The molecule has 0 fully saturated rings. The maximum Gasteiger partial charge on any atom is 0.261 e. The molecule has 0 aliphatic rings. The van der Waals surface area contributed by atoms with E-state index in [1.165, 1.54) is 67.6 Å². The van der Waals surface area contributed by atoms with Gasteiger partial charge in [0.1, 0.15) is 22.9 Å². The molecular formula is C31H26N6O6S3. The van der Waals surface area contributed by atoms with E-state index in [1.807, 2.05) is 0 Å². The van der Waals surface area contributed by atoms with Gasteiger partial charge in [-0.3, -0.25) is 9.52 Å². The molecule has 0 aliphatic carbocycles. The number of thiol groups is 2. The Bertz CT molecular complexity index is 2150. The number of aromatic hydroxyl groups is 3. The van der Waals surface area contributed by atoms with Gasteiger partial charge in [-0.1, -0.05) is 0 Å². The molecular weight excluding hydrogens is 649 g/mol. The summed E-state index contributed by atoms with van der Waals surface area (Å²) in [5.74, 6) is -0.843. The lowest BCUT2D eigenvalue weighted by Gasteiger charge is -2.13. The van der Waals surface area contributed by atoms with Crippen molar-refractivity contribution in [2.75, 3.05) is 10.0 Å². The van der Waals surface area contributed by atoms with Gasteiger partial charge in [-0.25, -0.2) is 8.42 Å². The van der Waals surface area contributed by atoms with Crippen LogP contribution in [0.15, 0.2) is 114 Å². The zero-order valence-electron chi connectivity index (χ0n) is 24.2. The Kier molecular flexibility index (Phi) is 9.18. The van der Waals surface area contributed by atoms with E-state index in [-0.39, 0.29) is 39.4 Å². The molecule has 0 saturated carbocycles. The molecule has 5 N–H and O–H groups in total. The van der Waals surface area contributed by atoms with Gasteiger partial charge in [-0.15, -0.1) is 35.5 Å². The topological polar surface area (TPSA) is 185 Å². The number of fused-ring (bicyclic) bond motifs is 1. The minimum absolute atomic E-state index is 0.00248. The molecule has 0 aromatic heterocycles. The number of hydrogen-bond acceptors (Lipinski definition) is 12. The Morgan fingerprint density at radius 1 is 0.804 bits per heavy atom. The van der Waals surface area contributed by atoms with E-state index in [0.29, 0.717) is 48.9 Å². The van der Waals surface area contributed by atoms with Gasteiger partial charge < -0.3 is 20.6 Å². The van der Waals surface area contributed by atoms with E-state index in [4.69, 9.17) is 0 Å². The van der Waals surface area contributed by atoms with Crippen molar-refractivity contribution in [2.24, 2.45) is 20.5 Å². The molecule has 5 aromatic carbocycles. The predicted octanol–water partition coefficient (Wildman–Crippen LogP) is 8.43. The number of hydrogen-bond donors (Lipinski definition) is 7. The number of anilines is 2. The predicted molar refractivity (Wildman–Crippen MR) is 181 cm³/mol. The van der Waals surface area contributed by atoms with E-state index in [2.05, 4.69) is 55.8 Å². The molecule has 12 nitrogen and oxygen atoms in total. The number of nitrogens with zero attached hydrogens (tertiary/aromatic N) is 4. The molecule has 234 valence electrons. The zero-order valence-corrected chi connectivity index (χ0v) is 26.8. The number of benzene rings is 5. The highest BCUT2D eigenvalue weighted by Gasteiger charge is 2.17. The quantitative estimate of drug-likeness (QED) is 0.0492. The zero-order chi connectivity index (χ0) is 33.2. The molecule has 5 aromatic rings. The van der Waals surface area contributed by atoms with Crippen molar-refractivity contribution in [1.29, 1.82) is 0 Å². The van der Waals surface area contributed by atoms with Gasteiger partial charge in [0.05, 0.1) is 22.0 Å². The molecule has 46 heavy (non-hydrogen) atoms. The molecule has 0 radical (unpaired) electrons. The molecule has 0 aliphatic heterocycles. The van der Waals surface area contributed by atoms with Gasteiger partial charge in [0, 0.05) is 33.9 Å². The van der Waals surface area contributed by atoms with Crippen molar-refractivity contribution in [1.82, 2.24) is 0 Å². The van der Waals surface area contributed by atoms with Gasteiger partial charge in [0.2, 0.25) is 5.91 Å². The van der Waals surface area contributed by atoms with Crippen LogP contribution in [0, 0.1) is 6.92 Å². The summed E-state index contributed by atoms with van der Waals surface area (Å²) < 4.78 is 27.8. The van der Waals surface area contributed by atoms with Gasteiger partial charge in [-0.2, -0.15) is 10.2 Å². The Morgan fingerprint density at radius 3 is 2.15 bits per heavy atom. The number of aryl methyl sites for hydroxylation is 1. The first-order chi connectivity index (χ1) is 21.8. The van der Waals surface area contributed by atoms with Crippen molar-refractivity contribution in [3.8, 4) is 17.2 Å². The van der Waals surface area contributed by atoms with Crippen LogP contribution in [0.3, 0.4) is 0 Å². The number of phenols is 3. The van der Waals surface area contributed by atoms with Crippen LogP contribution in [0.5, 0.6) is 17.2 Å². The molecule has 1 amide bonds. The molecule has 0 bridgehead atoms.